The minimum absolute atomic E-state index is 0.253. The van der Waals surface area contributed by atoms with Crippen LogP contribution in [0.25, 0.3) is 0 Å². The molecule has 100 valence electrons. The summed E-state index contributed by atoms with van der Waals surface area (Å²) in [4.78, 5) is 3.99. The minimum atomic E-state index is -0.416. The fraction of sp³-hybridized carbons (Fsp3) is 0.312. The molecule has 0 fully saturated rings. The van der Waals surface area contributed by atoms with Crippen molar-refractivity contribution in [3.63, 3.8) is 0 Å². The van der Waals surface area contributed by atoms with Crippen molar-refractivity contribution in [1.82, 2.24) is 10.3 Å². The molecule has 0 saturated heterocycles. The molecule has 3 nitrogen and oxygen atoms in total. The fourth-order valence-corrected chi connectivity index (χ4v) is 2.02. The Morgan fingerprint density at radius 2 is 1.79 bits per heavy atom. The normalized spacial score (nSPS) is 14.0. The summed E-state index contributed by atoms with van der Waals surface area (Å²) in [5, 5.41) is 13.5. The van der Waals surface area contributed by atoms with Crippen LogP contribution in [0.1, 0.15) is 30.6 Å². The van der Waals surface area contributed by atoms with E-state index in [-0.39, 0.29) is 6.04 Å². The number of nitrogens with one attached hydrogen (secondary N) is 1. The molecule has 3 heteroatoms. The Morgan fingerprint density at radius 3 is 2.47 bits per heavy atom. The van der Waals surface area contributed by atoms with E-state index < -0.39 is 6.10 Å². The Hall–Kier alpha value is -1.71. The van der Waals surface area contributed by atoms with E-state index in [4.69, 9.17) is 0 Å². The number of rotatable bonds is 6. The highest BCUT2D eigenvalue weighted by molar-refractivity contribution is 5.17. The van der Waals surface area contributed by atoms with E-state index in [1.165, 1.54) is 5.56 Å². The molecule has 2 rings (SSSR count). The third-order valence-electron chi connectivity index (χ3n) is 3.17. The zero-order chi connectivity index (χ0) is 13.5. The van der Waals surface area contributed by atoms with E-state index in [2.05, 4.69) is 17.2 Å². The van der Waals surface area contributed by atoms with Gasteiger partial charge in [-0.2, -0.15) is 0 Å². The summed E-state index contributed by atoms with van der Waals surface area (Å²) in [5.74, 6) is 0. The largest absolute Gasteiger partial charge is 0.388 e. The molecular formula is C16H20N2O. The molecule has 19 heavy (non-hydrogen) atoms. The predicted octanol–water partition coefficient (Wildman–Crippen LogP) is 2.68. The topological polar surface area (TPSA) is 45.1 Å². The second kappa shape index (κ2) is 7.02. The van der Waals surface area contributed by atoms with Gasteiger partial charge in [-0.05, 0) is 36.6 Å². The Labute approximate surface area is 114 Å². The predicted molar refractivity (Wildman–Crippen MR) is 76.6 cm³/mol. The molecule has 2 unspecified atom stereocenters. The van der Waals surface area contributed by atoms with Gasteiger partial charge >= 0.3 is 0 Å². The van der Waals surface area contributed by atoms with Crippen molar-refractivity contribution in [2.45, 2.75) is 32.0 Å². The minimum Gasteiger partial charge on any atom is -0.388 e. The molecule has 1 aromatic heterocycles. The smallest absolute Gasteiger partial charge is 0.0804 e. The summed E-state index contributed by atoms with van der Waals surface area (Å²) >= 11 is 0. The lowest BCUT2D eigenvalue weighted by molar-refractivity contribution is 0.154. The van der Waals surface area contributed by atoms with Crippen LogP contribution in [0.3, 0.4) is 0 Å². The van der Waals surface area contributed by atoms with E-state index >= 15 is 0 Å². The maximum atomic E-state index is 10.1. The summed E-state index contributed by atoms with van der Waals surface area (Å²) in [6.07, 6.45) is 3.87. The summed E-state index contributed by atoms with van der Waals surface area (Å²) < 4.78 is 0. The molecule has 1 heterocycles. The van der Waals surface area contributed by atoms with Crippen LogP contribution < -0.4 is 5.32 Å². The van der Waals surface area contributed by atoms with Crippen LogP contribution in [0.15, 0.2) is 54.9 Å². The lowest BCUT2D eigenvalue weighted by Gasteiger charge is -2.18. The fourth-order valence-electron chi connectivity index (χ4n) is 2.02. The van der Waals surface area contributed by atoms with Crippen LogP contribution in [-0.2, 0) is 6.54 Å². The van der Waals surface area contributed by atoms with Crippen LogP contribution in [0, 0.1) is 0 Å². The third-order valence-corrected chi connectivity index (χ3v) is 3.17. The molecule has 0 aliphatic carbocycles. The molecule has 0 aliphatic rings. The molecule has 0 aliphatic heterocycles. The summed E-state index contributed by atoms with van der Waals surface area (Å²) in [6, 6.07) is 14.0. The van der Waals surface area contributed by atoms with Gasteiger partial charge in [-0.15, -0.1) is 0 Å². The molecule has 2 atom stereocenters. The highest BCUT2D eigenvalue weighted by Gasteiger charge is 2.11. The van der Waals surface area contributed by atoms with E-state index in [1.807, 2.05) is 42.5 Å². The molecular weight excluding hydrogens is 236 g/mol. The van der Waals surface area contributed by atoms with Gasteiger partial charge in [-0.1, -0.05) is 30.3 Å². The first-order valence-corrected chi connectivity index (χ1v) is 6.61. The molecule has 1 aromatic carbocycles. The number of hydrogen-bond donors (Lipinski definition) is 2. The molecule has 2 aromatic rings. The van der Waals surface area contributed by atoms with E-state index in [0.717, 1.165) is 12.1 Å². The van der Waals surface area contributed by atoms with Crippen molar-refractivity contribution in [2.75, 3.05) is 0 Å². The quantitative estimate of drug-likeness (QED) is 0.835. The number of aliphatic hydroxyl groups excluding tert-OH is 1. The number of aliphatic hydroxyl groups is 1. The van der Waals surface area contributed by atoms with Gasteiger partial charge in [0.05, 0.1) is 6.10 Å². The lowest BCUT2D eigenvalue weighted by Crippen LogP contribution is -2.27. The first-order chi connectivity index (χ1) is 9.25. The Balaban J connectivity index is 1.80. The van der Waals surface area contributed by atoms with Gasteiger partial charge in [-0.3, -0.25) is 4.98 Å². The number of nitrogens with zero attached hydrogens (tertiary/aromatic N) is 1. The molecule has 0 spiro atoms. The van der Waals surface area contributed by atoms with Crippen molar-refractivity contribution < 1.29 is 5.11 Å². The van der Waals surface area contributed by atoms with Gasteiger partial charge < -0.3 is 10.4 Å². The van der Waals surface area contributed by atoms with E-state index in [1.54, 1.807) is 12.4 Å². The van der Waals surface area contributed by atoms with Crippen molar-refractivity contribution in [3.8, 4) is 0 Å². The van der Waals surface area contributed by atoms with Crippen molar-refractivity contribution in [1.29, 1.82) is 0 Å². The second-order valence-electron chi connectivity index (χ2n) is 4.80. The van der Waals surface area contributed by atoms with Gasteiger partial charge in [0, 0.05) is 25.0 Å². The average molecular weight is 256 g/mol. The van der Waals surface area contributed by atoms with Gasteiger partial charge in [0.25, 0.3) is 0 Å². The lowest BCUT2D eigenvalue weighted by atomic mass is 10.0. The molecule has 0 amide bonds. The first kappa shape index (κ1) is 13.7. The number of pyridine rings is 1. The summed E-state index contributed by atoms with van der Waals surface area (Å²) in [6.45, 7) is 2.89. The number of hydrogen-bond acceptors (Lipinski definition) is 3. The molecule has 0 bridgehead atoms. The van der Waals surface area contributed by atoms with Gasteiger partial charge in [0.15, 0.2) is 0 Å². The van der Waals surface area contributed by atoms with Crippen LogP contribution in [-0.4, -0.2) is 16.1 Å². The number of benzene rings is 1. The van der Waals surface area contributed by atoms with Crippen molar-refractivity contribution in [3.05, 3.63) is 66.0 Å². The standard InChI is InChI=1S/C16H20N2O/c1-13(18-12-14-7-9-17-10-8-14)11-16(19)15-5-3-2-4-6-15/h2-10,13,16,18-19H,11-12H2,1H3. The molecule has 0 saturated carbocycles. The van der Waals surface area contributed by atoms with Crippen LogP contribution in [0.4, 0.5) is 0 Å². The SMILES string of the molecule is CC(CC(O)c1ccccc1)NCc1ccncc1. The zero-order valence-electron chi connectivity index (χ0n) is 11.2. The van der Waals surface area contributed by atoms with Crippen molar-refractivity contribution in [2.24, 2.45) is 0 Å². The van der Waals surface area contributed by atoms with Gasteiger partial charge in [-0.25, -0.2) is 0 Å². The maximum absolute atomic E-state index is 10.1. The molecule has 2 N–H and O–H groups in total. The van der Waals surface area contributed by atoms with E-state index in [9.17, 15) is 5.11 Å². The second-order valence-corrected chi connectivity index (χ2v) is 4.80. The Morgan fingerprint density at radius 1 is 1.11 bits per heavy atom. The Kier molecular flexibility index (Phi) is 5.07. The van der Waals surface area contributed by atoms with Crippen molar-refractivity contribution >= 4 is 0 Å². The Bertz CT molecular complexity index is 473. The number of aromatic nitrogens is 1. The maximum Gasteiger partial charge on any atom is 0.0804 e. The highest BCUT2D eigenvalue weighted by atomic mass is 16.3. The first-order valence-electron chi connectivity index (χ1n) is 6.61. The van der Waals surface area contributed by atoms with Crippen LogP contribution in [0.2, 0.25) is 0 Å². The zero-order valence-corrected chi connectivity index (χ0v) is 11.2. The summed E-state index contributed by atoms with van der Waals surface area (Å²) in [7, 11) is 0. The van der Waals surface area contributed by atoms with Gasteiger partial charge in [0.1, 0.15) is 0 Å². The molecule has 0 radical (unpaired) electrons. The highest BCUT2D eigenvalue weighted by Crippen LogP contribution is 2.17. The van der Waals surface area contributed by atoms with Crippen LogP contribution >= 0.6 is 0 Å². The summed E-state index contributed by atoms with van der Waals surface area (Å²) in [5.41, 5.74) is 2.18. The van der Waals surface area contributed by atoms with E-state index in [0.29, 0.717) is 6.42 Å². The monoisotopic (exact) mass is 256 g/mol. The third kappa shape index (κ3) is 4.47. The van der Waals surface area contributed by atoms with Gasteiger partial charge in [0.2, 0.25) is 0 Å². The van der Waals surface area contributed by atoms with Crippen LogP contribution in [0.5, 0.6) is 0 Å². The average Bonchev–Trinajstić information content (AvgIpc) is 2.47.